The molecule has 3 heteroatoms. The Balaban J connectivity index is 2.95. The average molecular weight is 195 g/mol. The number of hydrogen-bond acceptors (Lipinski definition) is 3. The van der Waals surface area contributed by atoms with Crippen LogP contribution in [0, 0.1) is 6.92 Å². The van der Waals surface area contributed by atoms with E-state index in [1.54, 1.807) is 7.11 Å². The molecule has 0 aliphatic carbocycles. The van der Waals surface area contributed by atoms with Gasteiger partial charge in [-0.15, -0.1) is 0 Å². The van der Waals surface area contributed by atoms with Crippen LogP contribution in [0.1, 0.15) is 23.7 Å². The van der Waals surface area contributed by atoms with Crippen LogP contribution >= 0.6 is 0 Å². The van der Waals surface area contributed by atoms with Gasteiger partial charge in [-0.25, -0.2) is 0 Å². The fourth-order valence-corrected chi connectivity index (χ4v) is 1.41. The maximum atomic E-state index is 9.76. The lowest BCUT2D eigenvalue weighted by atomic mass is 10.0. The summed E-state index contributed by atoms with van der Waals surface area (Å²) in [6.45, 7) is 2.46. The summed E-state index contributed by atoms with van der Waals surface area (Å²) in [5.41, 5.74) is 7.31. The molecule has 0 saturated heterocycles. The zero-order valence-electron chi connectivity index (χ0n) is 8.66. The maximum Gasteiger partial charge on any atom is 0.124 e. The van der Waals surface area contributed by atoms with Gasteiger partial charge in [0.2, 0.25) is 0 Å². The van der Waals surface area contributed by atoms with Gasteiger partial charge < -0.3 is 15.6 Å². The summed E-state index contributed by atoms with van der Waals surface area (Å²) >= 11 is 0. The smallest absolute Gasteiger partial charge is 0.124 e. The van der Waals surface area contributed by atoms with Gasteiger partial charge in [0.05, 0.1) is 13.2 Å². The van der Waals surface area contributed by atoms with E-state index in [1.165, 1.54) is 0 Å². The molecule has 0 aliphatic rings. The second-order valence-electron chi connectivity index (χ2n) is 3.34. The van der Waals surface area contributed by atoms with E-state index in [-0.39, 0.29) is 0 Å². The van der Waals surface area contributed by atoms with Gasteiger partial charge in [-0.2, -0.15) is 0 Å². The molecule has 0 aromatic heterocycles. The van der Waals surface area contributed by atoms with Crippen molar-refractivity contribution >= 4 is 0 Å². The van der Waals surface area contributed by atoms with Crippen LogP contribution in [0.15, 0.2) is 18.2 Å². The number of nitrogens with two attached hydrogens (primary N) is 1. The molecule has 0 bridgehead atoms. The first-order chi connectivity index (χ1) is 6.69. The number of benzene rings is 1. The van der Waals surface area contributed by atoms with Gasteiger partial charge in [0.25, 0.3) is 0 Å². The third-order valence-electron chi connectivity index (χ3n) is 2.19. The van der Waals surface area contributed by atoms with Crippen LogP contribution in [0.5, 0.6) is 5.75 Å². The number of methoxy groups -OCH3 is 1. The summed E-state index contributed by atoms with van der Waals surface area (Å²) in [4.78, 5) is 0. The monoisotopic (exact) mass is 195 g/mol. The van der Waals surface area contributed by atoms with E-state index in [1.807, 2.05) is 25.1 Å². The highest BCUT2D eigenvalue weighted by Crippen LogP contribution is 2.27. The highest BCUT2D eigenvalue weighted by atomic mass is 16.5. The molecule has 0 spiro atoms. The molecule has 0 saturated carbocycles. The average Bonchev–Trinajstić information content (AvgIpc) is 2.17. The van der Waals surface area contributed by atoms with Crippen molar-refractivity contribution < 1.29 is 9.84 Å². The topological polar surface area (TPSA) is 55.5 Å². The van der Waals surface area contributed by atoms with Gasteiger partial charge in [0.15, 0.2) is 0 Å². The van der Waals surface area contributed by atoms with Crippen LogP contribution in [0.25, 0.3) is 0 Å². The van der Waals surface area contributed by atoms with E-state index in [2.05, 4.69) is 0 Å². The van der Waals surface area contributed by atoms with Crippen molar-refractivity contribution in [3.63, 3.8) is 0 Å². The molecule has 0 amide bonds. The summed E-state index contributed by atoms with van der Waals surface area (Å²) in [7, 11) is 1.60. The van der Waals surface area contributed by atoms with Gasteiger partial charge in [-0.05, 0) is 31.5 Å². The van der Waals surface area contributed by atoms with Gasteiger partial charge in [0.1, 0.15) is 5.75 Å². The minimum absolute atomic E-state index is 0.470. The van der Waals surface area contributed by atoms with Crippen molar-refractivity contribution in [2.24, 2.45) is 5.73 Å². The number of aliphatic hydroxyl groups is 1. The molecule has 1 rings (SSSR count). The Morgan fingerprint density at radius 2 is 2.21 bits per heavy atom. The van der Waals surface area contributed by atoms with Crippen molar-refractivity contribution in [1.82, 2.24) is 0 Å². The lowest BCUT2D eigenvalue weighted by Crippen LogP contribution is -2.07. The molecule has 0 aliphatic heterocycles. The largest absolute Gasteiger partial charge is 0.496 e. The van der Waals surface area contributed by atoms with Crippen LogP contribution < -0.4 is 10.5 Å². The predicted octanol–water partition coefficient (Wildman–Crippen LogP) is 1.39. The standard InChI is InChI=1S/C11H17NO2/c1-8-3-4-9(10(13)5-6-12)11(7-8)14-2/h3-4,7,10,13H,5-6,12H2,1-2H3. The first kappa shape index (κ1) is 11.0. The normalized spacial score (nSPS) is 12.6. The van der Waals surface area contributed by atoms with Gasteiger partial charge in [-0.1, -0.05) is 12.1 Å². The van der Waals surface area contributed by atoms with E-state index < -0.39 is 6.10 Å². The molecule has 3 N–H and O–H groups in total. The second kappa shape index (κ2) is 4.98. The Bertz CT molecular complexity index is 299. The van der Waals surface area contributed by atoms with Crippen LogP contribution in [0.4, 0.5) is 0 Å². The lowest BCUT2D eigenvalue weighted by Gasteiger charge is -2.14. The fraction of sp³-hybridized carbons (Fsp3) is 0.455. The molecule has 78 valence electrons. The third-order valence-corrected chi connectivity index (χ3v) is 2.19. The predicted molar refractivity (Wildman–Crippen MR) is 56.4 cm³/mol. The number of aryl methyl sites for hydroxylation is 1. The number of hydrogen-bond donors (Lipinski definition) is 2. The summed E-state index contributed by atoms with van der Waals surface area (Å²) in [6.07, 6.45) is 0.0231. The summed E-state index contributed by atoms with van der Waals surface area (Å²) < 4.78 is 5.19. The molecular formula is C11H17NO2. The Labute approximate surface area is 84.5 Å². The SMILES string of the molecule is COc1cc(C)ccc1C(O)CCN. The van der Waals surface area contributed by atoms with Crippen molar-refractivity contribution in [3.05, 3.63) is 29.3 Å². The van der Waals surface area contributed by atoms with Crippen molar-refractivity contribution in [1.29, 1.82) is 0 Å². The van der Waals surface area contributed by atoms with Gasteiger partial charge in [-0.3, -0.25) is 0 Å². The maximum absolute atomic E-state index is 9.76. The van der Waals surface area contributed by atoms with E-state index in [0.717, 1.165) is 16.9 Å². The molecule has 0 heterocycles. The van der Waals surface area contributed by atoms with Crippen LogP contribution in [0.2, 0.25) is 0 Å². The molecular weight excluding hydrogens is 178 g/mol. The van der Waals surface area contributed by atoms with Crippen LogP contribution in [-0.2, 0) is 0 Å². The second-order valence-corrected chi connectivity index (χ2v) is 3.34. The summed E-state index contributed by atoms with van der Waals surface area (Å²) in [6, 6.07) is 5.75. The Kier molecular flexibility index (Phi) is 3.92. The molecule has 1 aromatic carbocycles. The van der Waals surface area contributed by atoms with Gasteiger partial charge >= 0.3 is 0 Å². The van der Waals surface area contributed by atoms with Crippen LogP contribution in [-0.4, -0.2) is 18.8 Å². The van der Waals surface area contributed by atoms with Crippen LogP contribution in [0.3, 0.4) is 0 Å². The third kappa shape index (κ3) is 2.47. The number of aliphatic hydroxyl groups excluding tert-OH is 1. The highest BCUT2D eigenvalue weighted by Gasteiger charge is 2.11. The Hall–Kier alpha value is -1.06. The zero-order chi connectivity index (χ0) is 10.6. The first-order valence-corrected chi connectivity index (χ1v) is 4.71. The van der Waals surface area contributed by atoms with Crippen molar-refractivity contribution in [3.8, 4) is 5.75 Å². The van der Waals surface area contributed by atoms with Crippen molar-refractivity contribution in [2.75, 3.05) is 13.7 Å². The zero-order valence-corrected chi connectivity index (χ0v) is 8.66. The van der Waals surface area contributed by atoms with Gasteiger partial charge in [0, 0.05) is 5.56 Å². The molecule has 0 fully saturated rings. The number of rotatable bonds is 4. The minimum atomic E-state index is -0.532. The van der Waals surface area contributed by atoms with E-state index in [4.69, 9.17) is 10.5 Å². The quantitative estimate of drug-likeness (QED) is 0.763. The summed E-state index contributed by atoms with van der Waals surface area (Å²) in [5.74, 6) is 0.728. The molecule has 0 radical (unpaired) electrons. The van der Waals surface area contributed by atoms with E-state index in [0.29, 0.717) is 13.0 Å². The molecule has 1 unspecified atom stereocenters. The molecule has 1 aromatic rings. The molecule has 3 nitrogen and oxygen atoms in total. The Morgan fingerprint density at radius 1 is 1.50 bits per heavy atom. The van der Waals surface area contributed by atoms with E-state index in [9.17, 15) is 5.11 Å². The highest BCUT2D eigenvalue weighted by molar-refractivity contribution is 5.38. The Morgan fingerprint density at radius 3 is 2.79 bits per heavy atom. The van der Waals surface area contributed by atoms with Crippen molar-refractivity contribution in [2.45, 2.75) is 19.4 Å². The van der Waals surface area contributed by atoms with E-state index >= 15 is 0 Å². The lowest BCUT2D eigenvalue weighted by molar-refractivity contribution is 0.166. The summed E-state index contributed by atoms with van der Waals surface area (Å²) in [5, 5.41) is 9.76. The molecule has 1 atom stereocenters. The minimum Gasteiger partial charge on any atom is -0.496 e. The number of ether oxygens (including phenoxy) is 1. The molecule has 14 heavy (non-hydrogen) atoms. The first-order valence-electron chi connectivity index (χ1n) is 4.71. The fourth-order valence-electron chi connectivity index (χ4n) is 1.41.